The number of nitrogens with one attached hydrogen (secondary N) is 2. The number of imide groups is 1. The van der Waals surface area contributed by atoms with E-state index in [2.05, 4.69) is 60.7 Å². The zero-order valence-corrected chi connectivity index (χ0v) is 41.3. The largest absolute Gasteiger partial charge is 0.494 e. The number of carbonyl (C=O) groups is 4. The lowest BCUT2D eigenvalue weighted by Gasteiger charge is -2.33. The molecule has 3 N–H and O–H groups in total. The molecule has 16 heteroatoms. The predicted molar refractivity (Wildman–Crippen MR) is 279 cm³/mol. The summed E-state index contributed by atoms with van der Waals surface area (Å²) in [4.78, 5) is 67.0. The van der Waals surface area contributed by atoms with E-state index >= 15 is 0 Å². The number of likely N-dealkylation sites (tertiary alicyclic amines) is 1. The average Bonchev–Trinajstić information content (AvgIpc) is 4.13. The molecule has 2 atom stereocenters. The number of amides is 3. The molecule has 0 spiro atoms. The number of piperidine rings is 2. The number of aryl methyl sites for hydroxylation is 2. The van der Waals surface area contributed by atoms with Crippen molar-refractivity contribution in [3.8, 4) is 5.75 Å². The molecule has 3 amide bonds. The molecule has 0 saturated carbocycles. The molecule has 4 aliphatic heterocycles. The van der Waals surface area contributed by atoms with Gasteiger partial charge in [-0.3, -0.25) is 29.7 Å². The molecule has 4 aromatic carbocycles. The quantitative estimate of drug-likeness (QED) is 0.0662. The van der Waals surface area contributed by atoms with E-state index in [1.54, 1.807) is 0 Å². The molecule has 0 radical (unpaired) electrons. The van der Waals surface area contributed by atoms with Crippen molar-refractivity contribution >= 4 is 72.8 Å². The summed E-state index contributed by atoms with van der Waals surface area (Å²) in [5.74, 6) is 0.438. The number of anilines is 3. The number of para-hydroxylation sites is 2. The van der Waals surface area contributed by atoms with Gasteiger partial charge in [0, 0.05) is 57.1 Å². The fraction of sp³-hybridized carbons (Fsp3) is 0.375. The van der Waals surface area contributed by atoms with Crippen LogP contribution in [-0.4, -0.2) is 99.3 Å². The van der Waals surface area contributed by atoms with E-state index in [0.717, 1.165) is 94.9 Å². The van der Waals surface area contributed by atoms with Crippen LogP contribution < -0.4 is 25.2 Å². The van der Waals surface area contributed by atoms with Crippen LogP contribution in [0.3, 0.4) is 0 Å². The van der Waals surface area contributed by atoms with Crippen LogP contribution in [0.1, 0.15) is 93.2 Å². The number of nitrogens with zero attached hydrogens (tertiary/aromatic N) is 7. The van der Waals surface area contributed by atoms with Gasteiger partial charge in [-0.05, 0) is 141 Å². The van der Waals surface area contributed by atoms with Crippen LogP contribution in [0.5, 0.6) is 5.75 Å². The number of ether oxygens (including phenoxy) is 1. The van der Waals surface area contributed by atoms with E-state index in [0.29, 0.717) is 85.7 Å². The molecule has 4 aliphatic rings. The second-order valence-electron chi connectivity index (χ2n) is 19.9. The Morgan fingerprint density at radius 1 is 0.847 bits per heavy atom. The summed E-state index contributed by atoms with van der Waals surface area (Å²) in [5, 5.41) is 22.1. The molecular weight excluding hydrogens is 927 g/mol. The number of aromatic carboxylic acids is 1. The normalized spacial score (nSPS) is 18.7. The van der Waals surface area contributed by atoms with Gasteiger partial charge in [0.05, 0.1) is 39.6 Å². The Morgan fingerprint density at radius 3 is 2.49 bits per heavy atom. The molecule has 3 saturated heterocycles. The second kappa shape index (κ2) is 20.5. The summed E-state index contributed by atoms with van der Waals surface area (Å²) >= 11 is 1.44. The Bertz CT molecular complexity index is 3150. The number of carboxylic acids is 1. The van der Waals surface area contributed by atoms with E-state index in [4.69, 9.17) is 9.84 Å². The minimum Gasteiger partial charge on any atom is -0.494 e. The summed E-state index contributed by atoms with van der Waals surface area (Å²) in [5.41, 5.74) is 8.41. The summed E-state index contributed by atoms with van der Waals surface area (Å²) in [6.07, 6.45) is 7.23. The topological polar surface area (TPSA) is 175 Å². The van der Waals surface area contributed by atoms with E-state index in [1.165, 1.54) is 29.7 Å². The average molecular weight is 986 g/mol. The molecule has 370 valence electrons. The predicted octanol–water partition coefficient (Wildman–Crippen LogP) is 8.40. The van der Waals surface area contributed by atoms with Crippen molar-refractivity contribution in [1.82, 2.24) is 30.0 Å². The van der Waals surface area contributed by atoms with Crippen molar-refractivity contribution < 1.29 is 29.0 Å². The third-order valence-electron chi connectivity index (χ3n) is 15.1. The third kappa shape index (κ3) is 10.0. The number of aromatic nitrogens is 4. The lowest BCUT2D eigenvalue weighted by molar-refractivity contribution is -0.134. The molecule has 0 aliphatic carbocycles. The molecule has 1 unspecified atom stereocenters. The summed E-state index contributed by atoms with van der Waals surface area (Å²) in [7, 11) is 1.95. The summed E-state index contributed by atoms with van der Waals surface area (Å²) in [6, 6.07) is 32.1. The number of pyridine rings is 1. The molecule has 15 nitrogen and oxygen atoms in total. The van der Waals surface area contributed by atoms with E-state index in [1.807, 2.05) is 83.4 Å². The van der Waals surface area contributed by atoms with Crippen molar-refractivity contribution in [2.75, 3.05) is 61.0 Å². The van der Waals surface area contributed by atoms with Crippen LogP contribution in [0.4, 0.5) is 16.6 Å². The third-order valence-corrected chi connectivity index (χ3v) is 16.1. The van der Waals surface area contributed by atoms with Crippen molar-refractivity contribution in [1.29, 1.82) is 0 Å². The number of thiazole rings is 1. The minimum atomic E-state index is -1.07. The number of hydrogen-bond acceptors (Lipinski definition) is 12. The molecule has 11 rings (SSSR count). The minimum absolute atomic E-state index is 0.0416. The van der Waals surface area contributed by atoms with Crippen molar-refractivity contribution in [3.05, 3.63) is 136 Å². The molecular formula is C56H59N9O6S. The van der Waals surface area contributed by atoms with Crippen molar-refractivity contribution in [2.45, 2.75) is 70.3 Å². The van der Waals surface area contributed by atoms with Crippen LogP contribution in [0.15, 0.2) is 97.1 Å². The van der Waals surface area contributed by atoms with Gasteiger partial charge >= 0.3 is 5.97 Å². The first-order valence-corrected chi connectivity index (χ1v) is 26.2. The maximum absolute atomic E-state index is 13.6. The first kappa shape index (κ1) is 47.2. The van der Waals surface area contributed by atoms with E-state index in [-0.39, 0.29) is 23.4 Å². The number of rotatable bonds is 15. The molecule has 7 aromatic rings. The fourth-order valence-electron chi connectivity index (χ4n) is 11.4. The first-order chi connectivity index (χ1) is 35.1. The van der Waals surface area contributed by atoms with E-state index < -0.39 is 11.9 Å². The SMILES string of the molecule is Cn1nc(C2CCC(=O)NC2=O)c2cccc(N3CC[C@@H](CN4CCC(Cc5ccc(OCCCc6ccc(N7CCc8cccc(C(=O)Nc9nc%10ccccc%10s9)c8C7)nc6C(=O)O)cc5)CC4)C3)c21. The number of benzene rings is 4. The van der Waals surface area contributed by atoms with Crippen LogP contribution in [0.25, 0.3) is 21.1 Å². The van der Waals surface area contributed by atoms with Gasteiger partial charge in [-0.25, -0.2) is 14.8 Å². The van der Waals surface area contributed by atoms with Gasteiger partial charge in [-0.1, -0.05) is 65.9 Å². The Balaban J connectivity index is 0.625. The number of carboxylic acid groups (broad SMARTS) is 1. The van der Waals surface area contributed by atoms with Gasteiger partial charge in [0.15, 0.2) is 10.8 Å². The van der Waals surface area contributed by atoms with Crippen LogP contribution >= 0.6 is 11.3 Å². The number of fused-ring (bicyclic) bond motifs is 3. The van der Waals surface area contributed by atoms with Crippen LogP contribution in [0, 0.1) is 11.8 Å². The highest BCUT2D eigenvalue weighted by Crippen LogP contribution is 2.37. The Morgan fingerprint density at radius 2 is 1.67 bits per heavy atom. The lowest BCUT2D eigenvalue weighted by Crippen LogP contribution is -2.39. The smallest absolute Gasteiger partial charge is 0.354 e. The van der Waals surface area contributed by atoms with Gasteiger partial charge in [0.25, 0.3) is 5.91 Å². The van der Waals surface area contributed by atoms with Gasteiger partial charge in [-0.15, -0.1) is 0 Å². The molecule has 0 bridgehead atoms. The van der Waals surface area contributed by atoms with Crippen LogP contribution in [-0.2, 0) is 42.4 Å². The highest BCUT2D eigenvalue weighted by Gasteiger charge is 2.34. The highest BCUT2D eigenvalue weighted by molar-refractivity contribution is 7.22. The lowest BCUT2D eigenvalue weighted by atomic mass is 9.89. The molecule has 3 fully saturated rings. The Labute approximate surface area is 422 Å². The molecule has 3 aromatic heterocycles. The monoisotopic (exact) mass is 985 g/mol. The van der Waals surface area contributed by atoms with Gasteiger partial charge in [-0.2, -0.15) is 5.10 Å². The zero-order chi connectivity index (χ0) is 49.3. The Hall–Kier alpha value is -7.17. The zero-order valence-electron chi connectivity index (χ0n) is 40.5. The maximum atomic E-state index is 13.6. The Kier molecular flexibility index (Phi) is 13.4. The maximum Gasteiger partial charge on any atom is 0.354 e. The van der Waals surface area contributed by atoms with Gasteiger partial charge in [0.2, 0.25) is 11.8 Å². The standard InChI is InChI=1S/C56H59N9O6S/c1-62-52-42(51(61-62)43-19-21-49(66)59-54(43)68)10-5-12-46(52)64-28-24-37(33-64)32-63-26-22-36(23-27-63)31-35-14-17-40(18-15-35)71-30-6-8-39-16-20-48(58-50(39)55(69)70)65-29-25-38-7-4-9-41(44(38)34-65)53(67)60-56-57-45-11-2-3-13-47(45)72-56/h2-5,7,9-18,20,36-37,43H,6,8,19,21-34H2,1H3,(H,69,70)(H,57,60,67)(H,59,66,68)/t37-,43?/m0/s1. The fourth-order valence-corrected chi connectivity index (χ4v) is 12.2. The van der Waals surface area contributed by atoms with Crippen molar-refractivity contribution in [3.63, 3.8) is 0 Å². The summed E-state index contributed by atoms with van der Waals surface area (Å²) < 4.78 is 9.04. The number of carbonyl (C=O) groups excluding carboxylic acids is 3. The van der Waals surface area contributed by atoms with Crippen molar-refractivity contribution in [2.24, 2.45) is 18.9 Å². The van der Waals surface area contributed by atoms with E-state index in [9.17, 15) is 24.3 Å². The van der Waals surface area contributed by atoms with Gasteiger partial charge < -0.3 is 24.5 Å². The van der Waals surface area contributed by atoms with Gasteiger partial charge in [0.1, 0.15) is 11.6 Å². The van der Waals surface area contributed by atoms with Crippen LogP contribution in [0.2, 0.25) is 0 Å². The molecule has 72 heavy (non-hydrogen) atoms. The second-order valence-corrected chi connectivity index (χ2v) is 20.9. The first-order valence-electron chi connectivity index (χ1n) is 25.3. The highest BCUT2D eigenvalue weighted by atomic mass is 32.1. The number of hydrogen-bond donors (Lipinski definition) is 3. The molecule has 7 heterocycles. The summed E-state index contributed by atoms with van der Waals surface area (Å²) in [6.45, 7) is 6.84.